The van der Waals surface area contributed by atoms with E-state index >= 15 is 0 Å². The summed E-state index contributed by atoms with van der Waals surface area (Å²) in [6.07, 6.45) is 4.07. The van der Waals surface area contributed by atoms with Crippen LogP contribution < -0.4 is 5.32 Å². The van der Waals surface area contributed by atoms with Crippen LogP contribution in [-0.2, 0) is 4.79 Å². The van der Waals surface area contributed by atoms with E-state index in [1.54, 1.807) is 0 Å². The van der Waals surface area contributed by atoms with Gasteiger partial charge in [-0.25, -0.2) is 9.97 Å². The molecule has 2 N–H and O–H groups in total. The van der Waals surface area contributed by atoms with Gasteiger partial charge in [0.1, 0.15) is 17.2 Å². The van der Waals surface area contributed by atoms with Gasteiger partial charge in [-0.1, -0.05) is 13.8 Å². The maximum atomic E-state index is 11.1. The summed E-state index contributed by atoms with van der Waals surface area (Å²) in [5, 5.41) is 13.0. The van der Waals surface area contributed by atoms with Crippen LogP contribution in [0.5, 0.6) is 0 Å². The van der Waals surface area contributed by atoms with Crippen molar-refractivity contribution < 1.29 is 9.90 Å². The number of carbonyl (C=O) groups is 1. The minimum atomic E-state index is -0.768. The van der Waals surface area contributed by atoms with Gasteiger partial charge in [-0.3, -0.25) is 4.79 Å². The molecule has 5 nitrogen and oxygen atoms in total. The molecule has 1 heterocycles. The molecule has 6 heteroatoms. The zero-order chi connectivity index (χ0) is 13.5. The summed E-state index contributed by atoms with van der Waals surface area (Å²) in [7, 11) is 0. The van der Waals surface area contributed by atoms with Crippen LogP contribution in [0.25, 0.3) is 0 Å². The fourth-order valence-corrected chi connectivity index (χ4v) is 2.00. The van der Waals surface area contributed by atoms with Crippen LogP contribution >= 0.6 is 11.8 Å². The molecule has 0 aliphatic heterocycles. The number of carboxylic acids is 1. The lowest BCUT2D eigenvalue weighted by atomic mass is 9.97. The standard InChI is InChI=1S/C12H19N3O2S/c1-8(2)4-9(12(16)17)6-13-10-5-11(18-3)15-7-14-10/h5,7-9H,4,6H2,1-3H3,(H,16,17)(H,13,14,15). The van der Waals surface area contributed by atoms with Crippen molar-refractivity contribution in [2.45, 2.75) is 25.3 Å². The molecule has 100 valence electrons. The van der Waals surface area contributed by atoms with Gasteiger partial charge in [0.25, 0.3) is 0 Å². The number of rotatable bonds is 7. The lowest BCUT2D eigenvalue weighted by Gasteiger charge is -2.15. The monoisotopic (exact) mass is 269 g/mol. The molecule has 1 unspecified atom stereocenters. The molecule has 1 atom stereocenters. The molecule has 0 saturated heterocycles. The van der Waals surface area contributed by atoms with Crippen molar-refractivity contribution in [3.8, 4) is 0 Å². The number of carboxylic acid groups (broad SMARTS) is 1. The molecule has 1 aromatic rings. The van der Waals surface area contributed by atoms with Crippen LogP contribution in [0.3, 0.4) is 0 Å². The Balaban J connectivity index is 2.58. The van der Waals surface area contributed by atoms with E-state index in [2.05, 4.69) is 15.3 Å². The van der Waals surface area contributed by atoms with Crippen molar-refractivity contribution in [2.75, 3.05) is 18.1 Å². The van der Waals surface area contributed by atoms with Crippen LogP contribution in [0.2, 0.25) is 0 Å². The molecule has 1 rings (SSSR count). The molecule has 0 aliphatic rings. The van der Waals surface area contributed by atoms with Crippen molar-refractivity contribution >= 4 is 23.5 Å². The summed E-state index contributed by atoms with van der Waals surface area (Å²) in [5.74, 6) is -0.127. The number of hydrogen-bond acceptors (Lipinski definition) is 5. The zero-order valence-electron chi connectivity index (χ0n) is 10.9. The summed E-state index contributed by atoms with van der Waals surface area (Å²) in [6.45, 7) is 4.43. The maximum absolute atomic E-state index is 11.1. The van der Waals surface area contributed by atoms with Gasteiger partial charge in [0.15, 0.2) is 0 Å². The van der Waals surface area contributed by atoms with Crippen LogP contribution in [0.15, 0.2) is 17.4 Å². The van der Waals surface area contributed by atoms with Gasteiger partial charge >= 0.3 is 5.97 Å². The lowest BCUT2D eigenvalue weighted by molar-refractivity contribution is -0.141. The van der Waals surface area contributed by atoms with Gasteiger partial charge in [0, 0.05) is 12.6 Å². The second kappa shape index (κ2) is 7.20. The molecule has 0 aliphatic carbocycles. The number of thioether (sulfide) groups is 1. The molecule has 0 amide bonds. The van der Waals surface area contributed by atoms with Crippen molar-refractivity contribution in [1.29, 1.82) is 0 Å². The highest BCUT2D eigenvalue weighted by Crippen LogP contribution is 2.16. The Morgan fingerprint density at radius 2 is 2.22 bits per heavy atom. The molecule has 0 saturated carbocycles. The molecular weight excluding hydrogens is 250 g/mol. The van der Waals surface area contributed by atoms with Crippen molar-refractivity contribution in [3.05, 3.63) is 12.4 Å². The number of hydrogen-bond donors (Lipinski definition) is 2. The van der Waals surface area contributed by atoms with Gasteiger partial charge in [-0.05, 0) is 18.6 Å². The first-order chi connectivity index (χ1) is 8.52. The van der Waals surface area contributed by atoms with E-state index in [1.807, 2.05) is 26.2 Å². The fraction of sp³-hybridized carbons (Fsp3) is 0.583. The molecular formula is C12H19N3O2S. The highest BCUT2D eigenvalue weighted by molar-refractivity contribution is 7.98. The first-order valence-electron chi connectivity index (χ1n) is 5.85. The van der Waals surface area contributed by atoms with Crippen LogP contribution in [-0.4, -0.2) is 33.8 Å². The van der Waals surface area contributed by atoms with E-state index in [9.17, 15) is 4.79 Å². The van der Waals surface area contributed by atoms with E-state index in [-0.39, 0.29) is 0 Å². The largest absolute Gasteiger partial charge is 0.481 e. The van der Waals surface area contributed by atoms with Crippen LogP contribution in [0, 0.1) is 11.8 Å². The van der Waals surface area contributed by atoms with Crippen molar-refractivity contribution in [3.63, 3.8) is 0 Å². The zero-order valence-corrected chi connectivity index (χ0v) is 11.7. The number of aliphatic carboxylic acids is 1. The maximum Gasteiger partial charge on any atom is 0.308 e. The molecule has 0 bridgehead atoms. The number of aromatic nitrogens is 2. The third kappa shape index (κ3) is 4.91. The Morgan fingerprint density at radius 1 is 1.50 bits per heavy atom. The van der Waals surface area contributed by atoms with Gasteiger partial charge in [-0.15, -0.1) is 11.8 Å². The predicted octanol–water partition coefficient (Wildman–Crippen LogP) is 2.36. The number of nitrogens with zero attached hydrogens (tertiary/aromatic N) is 2. The second-order valence-corrected chi connectivity index (χ2v) is 5.32. The highest BCUT2D eigenvalue weighted by atomic mass is 32.2. The average Bonchev–Trinajstić information content (AvgIpc) is 2.34. The second-order valence-electron chi connectivity index (χ2n) is 4.49. The van der Waals surface area contributed by atoms with Gasteiger partial charge in [0.05, 0.1) is 5.92 Å². The molecule has 0 fully saturated rings. The van der Waals surface area contributed by atoms with E-state index < -0.39 is 11.9 Å². The predicted molar refractivity (Wildman–Crippen MR) is 72.9 cm³/mol. The quantitative estimate of drug-likeness (QED) is 0.584. The Labute approximate surface area is 111 Å². The smallest absolute Gasteiger partial charge is 0.308 e. The van der Waals surface area contributed by atoms with Gasteiger partial charge < -0.3 is 10.4 Å². The SMILES string of the molecule is CSc1cc(NCC(CC(C)C)C(=O)O)ncn1. The molecule has 0 aromatic carbocycles. The average molecular weight is 269 g/mol. The van der Waals surface area contributed by atoms with E-state index in [0.29, 0.717) is 24.7 Å². The molecule has 1 aromatic heterocycles. The number of anilines is 1. The lowest BCUT2D eigenvalue weighted by Crippen LogP contribution is -2.24. The summed E-state index contributed by atoms with van der Waals surface area (Å²) in [5.41, 5.74) is 0. The first-order valence-corrected chi connectivity index (χ1v) is 7.08. The van der Waals surface area contributed by atoms with Gasteiger partial charge in [0.2, 0.25) is 0 Å². The Morgan fingerprint density at radius 3 is 2.78 bits per heavy atom. The molecule has 0 spiro atoms. The van der Waals surface area contributed by atoms with Crippen molar-refractivity contribution in [1.82, 2.24) is 9.97 Å². The fourth-order valence-electron chi connectivity index (χ4n) is 1.62. The summed E-state index contributed by atoms with van der Waals surface area (Å²) in [4.78, 5) is 19.2. The topological polar surface area (TPSA) is 75.1 Å². The number of nitrogens with one attached hydrogen (secondary N) is 1. The van der Waals surface area contributed by atoms with Gasteiger partial charge in [-0.2, -0.15) is 0 Å². The molecule has 18 heavy (non-hydrogen) atoms. The Kier molecular flexibility index (Phi) is 5.91. The minimum Gasteiger partial charge on any atom is -0.481 e. The summed E-state index contributed by atoms with van der Waals surface area (Å²) >= 11 is 1.53. The normalized spacial score (nSPS) is 12.4. The van der Waals surface area contributed by atoms with E-state index in [0.717, 1.165) is 5.03 Å². The highest BCUT2D eigenvalue weighted by Gasteiger charge is 2.18. The summed E-state index contributed by atoms with van der Waals surface area (Å²) < 4.78 is 0. The summed E-state index contributed by atoms with van der Waals surface area (Å²) in [6, 6.07) is 1.82. The molecule has 0 radical (unpaired) electrons. The Hall–Kier alpha value is -1.30. The van der Waals surface area contributed by atoms with E-state index in [1.165, 1.54) is 18.1 Å². The van der Waals surface area contributed by atoms with Crippen LogP contribution in [0.4, 0.5) is 5.82 Å². The Bertz CT molecular complexity index is 399. The first kappa shape index (κ1) is 14.8. The van der Waals surface area contributed by atoms with Crippen LogP contribution in [0.1, 0.15) is 20.3 Å². The minimum absolute atomic E-state index is 0.361. The van der Waals surface area contributed by atoms with Crippen molar-refractivity contribution in [2.24, 2.45) is 11.8 Å². The van der Waals surface area contributed by atoms with E-state index in [4.69, 9.17) is 5.11 Å². The third-order valence-electron chi connectivity index (χ3n) is 2.49. The third-order valence-corrected chi connectivity index (χ3v) is 3.13.